The number of aromatic nitrogens is 7. The van der Waals surface area contributed by atoms with Gasteiger partial charge < -0.3 is 10.4 Å². The molecule has 5 rings (SSSR count). The fourth-order valence-electron chi connectivity index (χ4n) is 4.25. The van der Waals surface area contributed by atoms with E-state index in [2.05, 4.69) is 44.4 Å². The summed E-state index contributed by atoms with van der Waals surface area (Å²) < 4.78 is 1.72. The van der Waals surface area contributed by atoms with Crippen molar-refractivity contribution in [1.82, 2.24) is 34.6 Å². The Bertz CT molecular complexity index is 1390. The molecular formula is C21H20Cl2N8O2. The molecule has 10 nitrogen and oxygen atoms in total. The maximum absolute atomic E-state index is 13.2. The molecule has 4 aromatic heterocycles. The van der Waals surface area contributed by atoms with Crippen molar-refractivity contribution in [1.29, 1.82) is 0 Å². The number of rotatable bonds is 4. The Kier molecular flexibility index (Phi) is 5.11. The van der Waals surface area contributed by atoms with Crippen molar-refractivity contribution in [2.24, 2.45) is 0 Å². The van der Waals surface area contributed by atoms with Gasteiger partial charge in [0.1, 0.15) is 5.69 Å². The summed E-state index contributed by atoms with van der Waals surface area (Å²) in [7, 11) is 0. The molecule has 170 valence electrons. The van der Waals surface area contributed by atoms with E-state index < -0.39 is 12.0 Å². The number of amides is 1. The van der Waals surface area contributed by atoms with Crippen LogP contribution in [0.2, 0.25) is 10.2 Å². The minimum Gasteiger partial charge on any atom is -0.387 e. The lowest BCUT2D eigenvalue weighted by Crippen LogP contribution is -2.21. The van der Waals surface area contributed by atoms with Crippen LogP contribution in [-0.4, -0.2) is 45.6 Å². The third kappa shape index (κ3) is 3.73. The van der Waals surface area contributed by atoms with E-state index in [1.54, 1.807) is 29.8 Å². The Morgan fingerprint density at radius 1 is 1.21 bits per heavy atom. The van der Waals surface area contributed by atoms with Crippen molar-refractivity contribution in [2.75, 3.05) is 5.32 Å². The molecule has 0 spiro atoms. The summed E-state index contributed by atoms with van der Waals surface area (Å²) >= 11 is 12.5. The number of fused-ring (bicyclic) bond motifs is 3. The molecule has 0 saturated carbocycles. The van der Waals surface area contributed by atoms with Gasteiger partial charge in [0.15, 0.2) is 16.6 Å². The molecular weight excluding hydrogens is 467 g/mol. The quantitative estimate of drug-likeness (QED) is 0.452. The van der Waals surface area contributed by atoms with Gasteiger partial charge in [-0.15, -0.1) is 9.90 Å². The third-order valence-electron chi connectivity index (χ3n) is 5.75. The lowest BCUT2D eigenvalue weighted by atomic mass is 9.88. The molecule has 33 heavy (non-hydrogen) atoms. The number of aliphatic hydroxyl groups is 1. The molecule has 0 fully saturated rings. The van der Waals surface area contributed by atoms with Gasteiger partial charge in [0, 0.05) is 23.2 Å². The zero-order valence-corrected chi connectivity index (χ0v) is 19.5. The number of anilines is 1. The highest BCUT2D eigenvalue weighted by Crippen LogP contribution is 2.46. The summed E-state index contributed by atoms with van der Waals surface area (Å²) in [6, 6.07) is 3.28. The Morgan fingerprint density at radius 3 is 2.70 bits per heavy atom. The van der Waals surface area contributed by atoms with Gasteiger partial charge in [-0.05, 0) is 19.4 Å². The van der Waals surface area contributed by atoms with Crippen LogP contribution in [-0.2, 0) is 10.2 Å². The molecule has 0 saturated heterocycles. The lowest BCUT2D eigenvalue weighted by Gasteiger charge is -2.19. The second-order valence-corrected chi connectivity index (χ2v) is 9.49. The first-order chi connectivity index (χ1) is 15.6. The molecule has 1 aliphatic rings. The lowest BCUT2D eigenvalue weighted by molar-refractivity contribution is -0.117. The van der Waals surface area contributed by atoms with Gasteiger partial charge in [-0.25, -0.2) is 14.5 Å². The zero-order chi connectivity index (χ0) is 23.5. The van der Waals surface area contributed by atoms with Gasteiger partial charge in [-0.2, -0.15) is 10.2 Å². The molecule has 12 heteroatoms. The third-order valence-corrected chi connectivity index (χ3v) is 6.21. The summed E-state index contributed by atoms with van der Waals surface area (Å²) in [5, 5.41) is 25.7. The fourth-order valence-corrected chi connectivity index (χ4v) is 4.66. The monoisotopic (exact) mass is 486 g/mol. The first kappa shape index (κ1) is 21.7. The second-order valence-electron chi connectivity index (χ2n) is 8.69. The molecule has 0 bridgehead atoms. The smallest absolute Gasteiger partial charge is 0.232 e. The van der Waals surface area contributed by atoms with E-state index in [1.165, 1.54) is 17.2 Å². The van der Waals surface area contributed by atoms with Gasteiger partial charge in [0.25, 0.3) is 0 Å². The maximum atomic E-state index is 13.2. The molecule has 0 aliphatic heterocycles. The van der Waals surface area contributed by atoms with Crippen molar-refractivity contribution < 1.29 is 9.90 Å². The number of nitrogens with zero attached hydrogens (tertiary/aromatic N) is 7. The van der Waals surface area contributed by atoms with Crippen LogP contribution >= 0.6 is 23.2 Å². The van der Waals surface area contributed by atoms with Crippen LogP contribution in [0.15, 0.2) is 30.7 Å². The molecule has 0 aromatic carbocycles. The predicted molar refractivity (Wildman–Crippen MR) is 122 cm³/mol. The van der Waals surface area contributed by atoms with E-state index in [4.69, 9.17) is 23.2 Å². The van der Waals surface area contributed by atoms with Gasteiger partial charge >= 0.3 is 0 Å². The van der Waals surface area contributed by atoms with Crippen LogP contribution in [0.25, 0.3) is 11.5 Å². The van der Waals surface area contributed by atoms with E-state index in [-0.39, 0.29) is 22.2 Å². The zero-order valence-electron chi connectivity index (χ0n) is 18.0. The predicted octanol–water partition coefficient (Wildman–Crippen LogP) is 3.47. The van der Waals surface area contributed by atoms with Gasteiger partial charge in [0.05, 0.1) is 40.8 Å². The Balaban J connectivity index is 1.41. The fraction of sp³-hybridized carbons (Fsp3) is 0.333. The highest BCUT2D eigenvalue weighted by molar-refractivity contribution is 6.32. The molecule has 4 aromatic rings. The van der Waals surface area contributed by atoms with Crippen molar-refractivity contribution in [3.05, 3.63) is 57.9 Å². The number of hydrogen-bond donors (Lipinski definition) is 2. The topological polar surface area (TPSA) is 123 Å². The Morgan fingerprint density at radius 2 is 2.00 bits per heavy atom. The minimum atomic E-state index is -0.761. The van der Waals surface area contributed by atoms with Crippen LogP contribution in [0.5, 0.6) is 0 Å². The summed E-state index contributed by atoms with van der Waals surface area (Å²) in [6.07, 6.45) is 4.47. The number of pyridine rings is 1. The van der Waals surface area contributed by atoms with Crippen LogP contribution in [0.3, 0.4) is 0 Å². The van der Waals surface area contributed by atoms with Gasteiger partial charge in [0.2, 0.25) is 5.91 Å². The largest absolute Gasteiger partial charge is 0.387 e. The number of aliphatic hydroxyl groups excluding tert-OH is 1. The summed E-state index contributed by atoms with van der Waals surface area (Å²) in [4.78, 5) is 23.2. The Labute approximate surface area is 198 Å². The van der Waals surface area contributed by atoms with Crippen LogP contribution in [0.4, 0.5) is 5.69 Å². The number of hydrogen-bond acceptors (Lipinski definition) is 7. The maximum Gasteiger partial charge on any atom is 0.232 e. The van der Waals surface area contributed by atoms with Crippen molar-refractivity contribution in [3.8, 4) is 5.82 Å². The standard InChI is InChI=1S/C21H20Cl2N8O2/c1-10(32)15-9-26-31(28-15)19-14(22)4-11(7-25-19)27-20(33)12-6-21(2,3)18-13(12)8-24-17-5-16(23)29-30(17)18/h4-5,7-10,12,32H,6H2,1-3H3,(H,27,33). The second kappa shape index (κ2) is 7.75. The molecule has 2 atom stereocenters. The van der Waals surface area contributed by atoms with E-state index >= 15 is 0 Å². The van der Waals surface area contributed by atoms with Crippen molar-refractivity contribution >= 4 is 40.4 Å². The molecule has 2 unspecified atom stereocenters. The first-order valence-electron chi connectivity index (χ1n) is 10.3. The van der Waals surface area contributed by atoms with E-state index in [9.17, 15) is 9.90 Å². The summed E-state index contributed by atoms with van der Waals surface area (Å²) in [5.41, 5.74) is 2.91. The normalized spacial score (nSPS) is 17.8. The SMILES string of the molecule is CC(O)c1cnn(-c2ncc(NC(=O)C3CC(C)(C)c4c3cnc3cc(Cl)nn43)cc2Cl)n1. The molecule has 1 amide bonds. The number of nitrogens with one attached hydrogen (secondary N) is 1. The first-order valence-corrected chi connectivity index (χ1v) is 11.0. The molecule has 4 heterocycles. The minimum absolute atomic E-state index is 0.194. The van der Waals surface area contributed by atoms with Gasteiger partial charge in [-0.1, -0.05) is 37.0 Å². The van der Waals surface area contributed by atoms with Gasteiger partial charge in [-0.3, -0.25) is 4.79 Å². The van der Waals surface area contributed by atoms with Crippen molar-refractivity contribution in [2.45, 2.75) is 44.6 Å². The number of halogens is 2. The van der Waals surface area contributed by atoms with E-state index in [0.29, 0.717) is 28.6 Å². The summed E-state index contributed by atoms with van der Waals surface area (Å²) in [6.45, 7) is 5.73. The van der Waals surface area contributed by atoms with E-state index in [0.717, 1.165) is 11.3 Å². The number of carbonyl (C=O) groups is 1. The van der Waals surface area contributed by atoms with Crippen molar-refractivity contribution in [3.63, 3.8) is 0 Å². The van der Waals surface area contributed by atoms with E-state index in [1.807, 2.05) is 0 Å². The Hall–Kier alpha value is -3.08. The molecule has 2 N–H and O–H groups in total. The average molecular weight is 487 g/mol. The highest BCUT2D eigenvalue weighted by Gasteiger charge is 2.43. The molecule has 1 aliphatic carbocycles. The number of carbonyl (C=O) groups excluding carboxylic acids is 1. The van der Waals surface area contributed by atoms with Crippen LogP contribution in [0.1, 0.15) is 56.2 Å². The van der Waals surface area contributed by atoms with Crippen LogP contribution < -0.4 is 5.32 Å². The molecule has 0 radical (unpaired) electrons. The van der Waals surface area contributed by atoms with Crippen LogP contribution in [0, 0.1) is 0 Å². The highest BCUT2D eigenvalue weighted by atomic mass is 35.5. The average Bonchev–Trinajstić information content (AvgIpc) is 3.43. The summed E-state index contributed by atoms with van der Waals surface area (Å²) in [5.74, 6) is -0.328.